The monoisotopic (exact) mass is 204 g/mol. The van der Waals surface area contributed by atoms with Gasteiger partial charge in [0.25, 0.3) is 0 Å². The minimum Gasteiger partial charge on any atom is -0.372 e. The molecule has 2 heteroatoms. The normalized spacial score (nSPS) is 10.1. The van der Waals surface area contributed by atoms with Crippen molar-refractivity contribution in [2.75, 3.05) is 24.5 Å². The van der Waals surface area contributed by atoms with Gasteiger partial charge in [-0.05, 0) is 37.1 Å². The Morgan fingerprint density at radius 2 is 1.73 bits per heavy atom. The maximum atomic E-state index is 5.54. The van der Waals surface area contributed by atoms with Crippen LogP contribution in [0.25, 0.3) is 5.57 Å². The fraction of sp³-hybridized carbons (Fsp3) is 0.385. The zero-order valence-corrected chi connectivity index (χ0v) is 9.66. The molecular weight excluding hydrogens is 184 g/mol. The highest BCUT2D eigenvalue weighted by molar-refractivity contribution is 5.66. The molecule has 0 atom stereocenters. The highest BCUT2D eigenvalue weighted by Crippen LogP contribution is 2.18. The number of nitrogens with zero attached hydrogens (tertiary/aromatic N) is 1. The second-order valence-corrected chi connectivity index (χ2v) is 3.53. The van der Waals surface area contributed by atoms with Crippen LogP contribution in [-0.4, -0.2) is 19.6 Å². The van der Waals surface area contributed by atoms with Gasteiger partial charge in [-0.1, -0.05) is 18.7 Å². The number of rotatable bonds is 5. The molecule has 0 saturated carbocycles. The van der Waals surface area contributed by atoms with Gasteiger partial charge in [-0.3, -0.25) is 0 Å². The largest absolute Gasteiger partial charge is 0.372 e. The molecule has 2 N–H and O–H groups in total. The van der Waals surface area contributed by atoms with Crippen molar-refractivity contribution in [2.45, 2.75) is 13.8 Å². The van der Waals surface area contributed by atoms with Crippen molar-refractivity contribution in [3.63, 3.8) is 0 Å². The van der Waals surface area contributed by atoms with Gasteiger partial charge in [0, 0.05) is 25.3 Å². The van der Waals surface area contributed by atoms with Gasteiger partial charge in [-0.25, -0.2) is 0 Å². The van der Waals surface area contributed by atoms with Crippen LogP contribution in [0.3, 0.4) is 0 Å². The van der Waals surface area contributed by atoms with Crippen molar-refractivity contribution in [3.8, 4) is 0 Å². The summed E-state index contributed by atoms with van der Waals surface area (Å²) < 4.78 is 0. The van der Waals surface area contributed by atoms with Crippen LogP contribution in [0.1, 0.15) is 19.4 Å². The predicted octanol–water partition coefficient (Wildman–Crippen LogP) is 2.50. The second-order valence-electron chi connectivity index (χ2n) is 3.53. The molecule has 1 aromatic carbocycles. The average Bonchev–Trinajstić information content (AvgIpc) is 2.30. The highest BCUT2D eigenvalue weighted by Gasteiger charge is 2.02. The Balaban J connectivity index is 2.84. The van der Waals surface area contributed by atoms with Crippen LogP contribution in [0.4, 0.5) is 5.69 Å². The number of hydrogen-bond acceptors (Lipinski definition) is 2. The first kappa shape index (κ1) is 11.8. The topological polar surface area (TPSA) is 29.3 Å². The molecule has 0 aliphatic heterocycles. The molecule has 2 nitrogen and oxygen atoms in total. The van der Waals surface area contributed by atoms with Crippen LogP contribution in [0.5, 0.6) is 0 Å². The van der Waals surface area contributed by atoms with E-state index in [2.05, 4.69) is 49.6 Å². The first-order valence-electron chi connectivity index (χ1n) is 5.46. The van der Waals surface area contributed by atoms with Gasteiger partial charge in [-0.2, -0.15) is 0 Å². The van der Waals surface area contributed by atoms with Gasteiger partial charge in [-0.15, -0.1) is 0 Å². The van der Waals surface area contributed by atoms with Gasteiger partial charge in [0.1, 0.15) is 0 Å². The van der Waals surface area contributed by atoms with Gasteiger partial charge in [0.2, 0.25) is 0 Å². The molecule has 0 aromatic heterocycles. The molecule has 1 aromatic rings. The summed E-state index contributed by atoms with van der Waals surface area (Å²) in [7, 11) is 0. The molecule has 0 heterocycles. The van der Waals surface area contributed by atoms with E-state index in [-0.39, 0.29) is 0 Å². The quantitative estimate of drug-likeness (QED) is 0.798. The number of benzene rings is 1. The number of nitrogens with two attached hydrogens (primary N) is 1. The van der Waals surface area contributed by atoms with Crippen LogP contribution in [0.15, 0.2) is 30.8 Å². The molecule has 0 aliphatic carbocycles. The van der Waals surface area contributed by atoms with Crippen LogP contribution in [0.2, 0.25) is 0 Å². The van der Waals surface area contributed by atoms with Gasteiger partial charge in [0.05, 0.1) is 0 Å². The first-order valence-corrected chi connectivity index (χ1v) is 5.46. The first-order chi connectivity index (χ1) is 7.22. The lowest BCUT2D eigenvalue weighted by Gasteiger charge is -2.21. The summed E-state index contributed by atoms with van der Waals surface area (Å²) >= 11 is 0. The van der Waals surface area contributed by atoms with Crippen molar-refractivity contribution in [1.29, 1.82) is 0 Å². The Bertz CT molecular complexity index is 310. The van der Waals surface area contributed by atoms with E-state index in [1.165, 1.54) is 5.69 Å². The molecule has 0 radical (unpaired) electrons. The lowest BCUT2D eigenvalue weighted by Crippen LogP contribution is -2.21. The van der Waals surface area contributed by atoms with Crippen LogP contribution in [-0.2, 0) is 0 Å². The molecule has 82 valence electrons. The third-order valence-electron chi connectivity index (χ3n) is 2.65. The van der Waals surface area contributed by atoms with Crippen molar-refractivity contribution < 1.29 is 0 Å². The Kier molecular flexibility index (Phi) is 4.37. The SMILES string of the molecule is C=C(CN)c1ccc(N(CC)CC)cc1. The summed E-state index contributed by atoms with van der Waals surface area (Å²) in [5, 5.41) is 0. The molecule has 0 fully saturated rings. The summed E-state index contributed by atoms with van der Waals surface area (Å²) in [6.45, 7) is 10.8. The second kappa shape index (κ2) is 5.56. The van der Waals surface area contributed by atoms with Crippen LogP contribution >= 0.6 is 0 Å². The minimum absolute atomic E-state index is 0.518. The lowest BCUT2D eigenvalue weighted by atomic mass is 10.1. The van der Waals surface area contributed by atoms with Crippen molar-refractivity contribution in [2.24, 2.45) is 5.73 Å². The van der Waals surface area contributed by atoms with E-state index < -0.39 is 0 Å². The minimum atomic E-state index is 0.518. The van der Waals surface area contributed by atoms with E-state index >= 15 is 0 Å². The Labute approximate surface area is 92.4 Å². The smallest absolute Gasteiger partial charge is 0.0366 e. The summed E-state index contributed by atoms with van der Waals surface area (Å²) in [5.74, 6) is 0. The number of anilines is 1. The number of hydrogen-bond donors (Lipinski definition) is 1. The molecule has 0 aliphatic rings. The third-order valence-corrected chi connectivity index (χ3v) is 2.65. The zero-order valence-electron chi connectivity index (χ0n) is 9.66. The van der Waals surface area contributed by atoms with Crippen LogP contribution < -0.4 is 10.6 Å². The molecule has 0 amide bonds. The van der Waals surface area contributed by atoms with E-state index in [0.29, 0.717) is 6.54 Å². The molecule has 15 heavy (non-hydrogen) atoms. The van der Waals surface area contributed by atoms with Crippen molar-refractivity contribution >= 4 is 11.3 Å². The summed E-state index contributed by atoms with van der Waals surface area (Å²) in [6, 6.07) is 8.43. The fourth-order valence-corrected chi connectivity index (χ4v) is 1.61. The van der Waals surface area contributed by atoms with Gasteiger partial charge in [0.15, 0.2) is 0 Å². The summed E-state index contributed by atoms with van der Waals surface area (Å²) in [4.78, 5) is 2.31. The summed E-state index contributed by atoms with van der Waals surface area (Å²) in [6.07, 6.45) is 0. The molecule has 0 saturated heterocycles. The standard InChI is InChI=1S/C13H20N2/c1-4-15(5-2)13-8-6-12(7-9-13)11(3)10-14/h6-9H,3-5,10,14H2,1-2H3. The predicted molar refractivity (Wildman–Crippen MR) is 68.1 cm³/mol. The Hall–Kier alpha value is -1.28. The average molecular weight is 204 g/mol. The van der Waals surface area contributed by atoms with Gasteiger partial charge >= 0.3 is 0 Å². The molecule has 0 unspecified atom stereocenters. The fourth-order valence-electron chi connectivity index (χ4n) is 1.61. The zero-order chi connectivity index (χ0) is 11.3. The molecule has 1 rings (SSSR count). The maximum absolute atomic E-state index is 5.54. The molecule has 0 spiro atoms. The Morgan fingerprint density at radius 1 is 1.20 bits per heavy atom. The van der Waals surface area contributed by atoms with E-state index in [1.807, 2.05) is 0 Å². The van der Waals surface area contributed by atoms with Crippen LogP contribution in [0, 0.1) is 0 Å². The van der Waals surface area contributed by atoms with Crippen molar-refractivity contribution in [1.82, 2.24) is 0 Å². The molecule has 0 bridgehead atoms. The van der Waals surface area contributed by atoms with E-state index in [0.717, 1.165) is 24.2 Å². The lowest BCUT2D eigenvalue weighted by molar-refractivity contribution is 0.866. The van der Waals surface area contributed by atoms with E-state index in [9.17, 15) is 0 Å². The van der Waals surface area contributed by atoms with E-state index in [1.54, 1.807) is 0 Å². The third kappa shape index (κ3) is 2.83. The maximum Gasteiger partial charge on any atom is 0.0366 e. The van der Waals surface area contributed by atoms with E-state index in [4.69, 9.17) is 5.73 Å². The Morgan fingerprint density at radius 3 is 2.13 bits per heavy atom. The van der Waals surface area contributed by atoms with Gasteiger partial charge < -0.3 is 10.6 Å². The highest BCUT2D eigenvalue weighted by atomic mass is 15.1. The summed E-state index contributed by atoms with van der Waals surface area (Å²) in [5.41, 5.74) is 8.92. The van der Waals surface area contributed by atoms with Crippen molar-refractivity contribution in [3.05, 3.63) is 36.4 Å². The molecular formula is C13H20N2.